The van der Waals surface area contributed by atoms with Gasteiger partial charge < -0.3 is 4.57 Å². The zero-order valence-corrected chi connectivity index (χ0v) is 14.9. The highest BCUT2D eigenvalue weighted by Crippen LogP contribution is 2.25. The van der Waals surface area contributed by atoms with Gasteiger partial charge in [-0.25, -0.2) is 0 Å². The second-order valence-electron chi connectivity index (χ2n) is 5.54. The van der Waals surface area contributed by atoms with Crippen molar-refractivity contribution in [1.82, 2.24) is 4.57 Å². The predicted molar refractivity (Wildman–Crippen MR) is 103 cm³/mol. The van der Waals surface area contributed by atoms with Crippen LogP contribution in [0.15, 0.2) is 59.7 Å². The molecule has 0 fully saturated rings. The minimum Gasteiger partial charge on any atom is -0.319 e. The van der Waals surface area contributed by atoms with Crippen LogP contribution in [0.3, 0.4) is 0 Å². The average molecular weight is 358 g/mol. The Hall–Kier alpha value is -2.23. The van der Waals surface area contributed by atoms with Gasteiger partial charge in [-0.05, 0) is 61.9 Å². The van der Waals surface area contributed by atoms with E-state index >= 15 is 0 Å². The molecular formula is C19H17Cl2N3. The van der Waals surface area contributed by atoms with Crippen molar-refractivity contribution in [2.75, 3.05) is 5.43 Å². The van der Waals surface area contributed by atoms with Crippen LogP contribution in [0.5, 0.6) is 0 Å². The third-order valence-electron chi connectivity index (χ3n) is 3.75. The Morgan fingerprint density at radius 2 is 1.54 bits per heavy atom. The van der Waals surface area contributed by atoms with E-state index < -0.39 is 0 Å². The van der Waals surface area contributed by atoms with Crippen molar-refractivity contribution in [3.05, 3.63) is 81.6 Å². The molecule has 0 radical (unpaired) electrons. The Kier molecular flexibility index (Phi) is 4.93. The molecule has 0 aliphatic heterocycles. The number of halogens is 2. The molecule has 0 aliphatic carbocycles. The van der Waals surface area contributed by atoms with Gasteiger partial charge in [0.1, 0.15) is 0 Å². The first-order valence-electron chi connectivity index (χ1n) is 7.54. The van der Waals surface area contributed by atoms with Gasteiger partial charge in [0.05, 0.1) is 21.9 Å². The Bertz CT molecular complexity index is 861. The molecule has 1 heterocycles. The maximum absolute atomic E-state index is 5.98. The van der Waals surface area contributed by atoms with Gasteiger partial charge in [-0.2, -0.15) is 5.10 Å². The molecule has 0 atom stereocenters. The minimum absolute atomic E-state index is 0.499. The lowest BCUT2D eigenvalue weighted by atomic mass is 10.2. The summed E-state index contributed by atoms with van der Waals surface area (Å²) in [5.74, 6) is 0. The first kappa shape index (κ1) is 16.6. The summed E-state index contributed by atoms with van der Waals surface area (Å²) in [6.45, 7) is 4.20. The van der Waals surface area contributed by atoms with Gasteiger partial charge in [-0.1, -0.05) is 35.3 Å². The quantitative estimate of drug-likeness (QED) is 0.460. The Morgan fingerprint density at radius 3 is 2.17 bits per heavy atom. The van der Waals surface area contributed by atoms with Gasteiger partial charge in [0, 0.05) is 17.1 Å². The molecule has 0 spiro atoms. The lowest BCUT2D eigenvalue weighted by Gasteiger charge is -2.09. The molecule has 3 rings (SSSR count). The standard InChI is InChI=1S/C19H17Cl2N3/c1-13-3-4-14(2)24(13)17-8-5-15(6-9-17)12-22-23-16-7-10-18(20)19(21)11-16/h3-12,23H,1-2H3/b22-12+. The normalized spacial score (nSPS) is 11.2. The second-order valence-corrected chi connectivity index (χ2v) is 6.36. The van der Waals surface area contributed by atoms with Crippen molar-refractivity contribution in [2.24, 2.45) is 5.10 Å². The Morgan fingerprint density at radius 1 is 0.875 bits per heavy atom. The highest BCUT2D eigenvalue weighted by molar-refractivity contribution is 6.42. The fourth-order valence-electron chi connectivity index (χ4n) is 2.53. The largest absolute Gasteiger partial charge is 0.319 e. The number of hydrogen-bond acceptors (Lipinski definition) is 2. The Labute approximate surface area is 151 Å². The second kappa shape index (κ2) is 7.12. The van der Waals surface area contributed by atoms with Crippen molar-refractivity contribution in [3.63, 3.8) is 0 Å². The molecule has 3 nitrogen and oxygen atoms in total. The summed E-state index contributed by atoms with van der Waals surface area (Å²) in [6.07, 6.45) is 1.77. The molecule has 0 saturated carbocycles. The molecule has 0 amide bonds. The number of anilines is 1. The number of benzene rings is 2. The number of rotatable bonds is 4. The van der Waals surface area contributed by atoms with E-state index in [4.69, 9.17) is 23.2 Å². The van der Waals surface area contributed by atoms with Crippen molar-refractivity contribution in [3.8, 4) is 5.69 Å². The Balaban J connectivity index is 1.71. The third kappa shape index (κ3) is 3.64. The van der Waals surface area contributed by atoms with Crippen LogP contribution in [0.1, 0.15) is 17.0 Å². The van der Waals surface area contributed by atoms with Crippen LogP contribution < -0.4 is 5.43 Å². The highest BCUT2D eigenvalue weighted by atomic mass is 35.5. The van der Waals surface area contributed by atoms with E-state index in [0.29, 0.717) is 10.0 Å². The molecule has 2 aromatic carbocycles. The molecule has 3 aromatic rings. The van der Waals surface area contributed by atoms with Crippen LogP contribution in [-0.2, 0) is 0 Å². The molecule has 5 heteroatoms. The van der Waals surface area contributed by atoms with E-state index in [1.54, 1.807) is 18.3 Å². The van der Waals surface area contributed by atoms with Crippen LogP contribution in [0.4, 0.5) is 5.69 Å². The molecule has 0 bridgehead atoms. The van der Waals surface area contributed by atoms with E-state index in [1.807, 2.05) is 18.2 Å². The third-order valence-corrected chi connectivity index (χ3v) is 4.49. The summed E-state index contributed by atoms with van der Waals surface area (Å²) in [6, 6.07) is 17.8. The summed E-state index contributed by atoms with van der Waals surface area (Å²) in [7, 11) is 0. The molecule has 0 aliphatic rings. The van der Waals surface area contributed by atoms with Crippen molar-refractivity contribution in [2.45, 2.75) is 13.8 Å². The monoisotopic (exact) mass is 357 g/mol. The van der Waals surface area contributed by atoms with Gasteiger partial charge in [-0.3, -0.25) is 5.43 Å². The van der Waals surface area contributed by atoms with Gasteiger partial charge >= 0.3 is 0 Å². The van der Waals surface area contributed by atoms with Crippen molar-refractivity contribution >= 4 is 35.1 Å². The zero-order valence-electron chi connectivity index (χ0n) is 13.4. The highest BCUT2D eigenvalue weighted by Gasteiger charge is 2.03. The van der Waals surface area contributed by atoms with Gasteiger partial charge in [0.25, 0.3) is 0 Å². The summed E-state index contributed by atoms with van der Waals surface area (Å²) in [5, 5.41) is 5.25. The number of hydrazone groups is 1. The summed E-state index contributed by atoms with van der Waals surface area (Å²) in [4.78, 5) is 0. The zero-order chi connectivity index (χ0) is 17.1. The summed E-state index contributed by atoms with van der Waals surface area (Å²) >= 11 is 11.9. The summed E-state index contributed by atoms with van der Waals surface area (Å²) < 4.78 is 2.22. The fraction of sp³-hybridized carbons (Fsp3) is 0.105. The van der Waals surface area contributed by atoms with E-state index in [1.165, 1.54) is 11.4 Å². The topological polar surface area (TPSA) is 29.3 Å². The maximum Gasteiger partial charge on any atom is 0.0613 e. The van der Waals surface area contributed by atoms with E-state index in [0.717, 1.165) is 16.9 Å². The van der Waals surface area contributed by atoms with Gasteiger partial charge in [0.2, 0.25) is 0 Å². The fourth-order valence-corrected chi connectivity index (χ4v) is 2.83. The lowest BCUT2D eigenvalue weighted by molar-refractivity contribution is 0.966. The number of aryl methyl sites for hydroxylation is 2. The van der Waals surface area contributed by atoms with E-state index in [-0.39, 0.29) is 0 Å². The SMILES string of the molecule is Cc1ccc(C)n1-c1ccc(/C=N/Nc2ccc(Cl)c(Cl)c2)cc1. The number of nitrogens with one attached hydrogen (secondary N) is 1. The minimum atomic E-state index is 0.499. The van der Waals surface area contributed by atoms with Crippen molar-refractivity contribution < 1.29 is 0 Å². The molecular weight excluding hydrogens is 341 g/mol. The molecule has 122 valence electrons. The first-order chi connectivity index (χ1) is 11.5. The number of hydrogen-bond donors (Lipinski definition) is 1. The molecule has 0 saturated heterocycles. The molecule has 24 heavy (non-hydrogen) atoms. The van der Waals surface area contributed by atoms with Crippen molar-refractivity contribution in [1.29, 1.82) is 0 Å². The van der Waals surface area contributed by atoms with Crippen LogP contribution in [-0.4, -0.2) is 10.8 Å². The van der Waals surface area contributed by atoms with E-state index in [9.17, 15) is 0 Å². The molecule has 1 N–H and O–H groups in total. The number of aromatic nitrogens is 1. The first-order valence-corrected chi connectivity index (χ1v) is 8.30. The van der Waals surface area contributed by atoms with Crippen LogP contribution in [0.25, 0.3) is 5.69 Å². The average Bonchev–Trinajstić information content (AvgIpc) is 2.90. The maximum atomic E-state index is 5.98. The predicted octanol–water partition coefficient (Wildman–Crippen LogP) is 5.85. The smallest absolute Gasteiger partial charge is 0.0613 e. The molecule has 1 aromatic heterocycles. The lowest BCUT2D eigenvalue weighted by Crippen LogP contribution is -1.98. The van der Waals surface area contributed by atoms with Crippen LogP contribution in [0, 0.1) is 13.8 Å². The van der Waals surface area contributed by atoms with Crippen LogP contribution >= 0.6 is 23.2 Å². The molecule has 0 unspecified atom stereocenters. The van der Waals surface area contributed by atoms with Gasteiger partial charge in [0.15, 0.2) is 0 Å². The number of nitrogens with zero attached hydrogens (tertiary/aromatic N) is 2. The van der Waals surface area contributed by atoms with E-state index in [2.05, 4.69) is 53.2 Å². The van der Waals surface area contributed by atoms with Gasteiger partial charge in [-0.15, -0.1) is 0 Å². The summed E-state index contributed by atoms with van der Waals surface area (Å²) in [5.41, 5.74) is 8.32. The van der Waals surface area contributed by atoms with Crippen LogP contribution in [0.2, 0.25) is 10.0 Å².